The molecule has 0 bridgehead atoms. The van der Waals surface area contributed by atoms with E-state index < -0.39 is 12.4 Å². The van der Waals surface area contributed by atoms with Crippen LogP contribution in [-0.2, 0) is 9.53 Å². The van der Waals surface area contributed by atoms with Gasteiger partial charge in [-0.25, -0.2) is 0 Å². The molecule has 1 aromatic rings. The van der Waals surface area contributed by atoms with E-state index in [1.54, 1.807) is 6.92 Å². The predicted octanol–water partition coefficient (Wildman–Crippen LogP) is 3.32. The number of hydrogen-bond donors (Lipinski definition) is 1. The Balaban J connectivity index is 2.75. The molecule has 1 rings (SSSR count). The van der Waals surface area contributed by atoms with Gasteiger partial charge in [-0.2, -0.15) is 0 Å². The molecule has 106 valence electrons. The maximum absolute atomic E-state index is 11.8. The maximum atomic E-state index is 11.8. The summed E-state index contributed by atoms with van der Waals surface area (Å²) in [6.45, 7) is 8.14. The molecule has 1 N–H and O–H groups in total. The summed E-state index contributed by atoms with van der Waals surface area (Å²) in [7, 11) is 0. The van der Waals surface area contributed by atoms with Gasteiger partial charge in [0.15, 0.2) is 0 Å². The van der Waals surface area contributed by atoms with E-state index in [-0.39, 0.29) is 18.0 Å². The molecule has 0 aliphatic carbocycles. The Morgan fingerprint density at radius 2 is 1.95 bits per heavy atom. The first kappa shape index (κ1) is 14.1. The first-order valence-electron chi connectivity index (χ1n) is 7.45. The second-order valence-electron chi connectivity index (χ2n) is 4.99. The van der Waals surface area contributed by atoms with E-state index in [2.05, 4.69) is 5.32 Å². The van der Waals surface area contributed by atoms with Crippen molar-refractivity contribution in [3.05, 3.63) is 35.9 Å². The van der Waals surface area contributed by atoms with Crippen molar-refractivity contribution >= 4 is 5.97 Å². The zero-order valence-corrected chi connectivity index (χ0v) is 12.2. The monoisotopic (exact) mass is 264 g/mol. The standard InChI is InChI=1S/C16H25NO2/c1-5-19-16(18)11-15(12(2)3)17-13(4)14-9-7-6-8-10-14/h6-10,12-13,15,17H,5,11H2,1-4H3/t13-,15+/m1/s1/i11D/t11-,13-,15+. The molecule has 0 heterocycles. The summed E-state index contributed by atoms with van der Waals surface area (Å²) < 4.78 is 13.0. The van der Waals surface area contributed by atoms with Gasteiger partial charge in [0.2, 0.25) is 0 Å². The first-order valence-corrected chi connectivity index (χ1v) is 6.87. The maximum Gasteiger partial charge on any atom is 0.307 e. The van der Waals surface area contributed by atoms with Gasteiger partial charge in [-0.3, -0.25) is 4.79 Å². The first-order chi connectivity index (χ1) is 9.47. The molecule has 19 heavy (non-hydrogen) atoms. The Hall–Kier alpha value is -1.35. The highest BCUT2D eigenvalue weighted by molar-refractivity contribution is 5.70. The Morgan fingerprint density at radius 1 is 1.32 bits per heavy atom. The molecule has 0 aromatic heterocycles. The van der Waals surface area contributed by atoms with Gasteiger partial charge < -0.3 is 10.1 Å². The van der Waals surface area contributed by atoms with Crippen LogP contribution in [0.1, 0.15) is 47.1 Å². The number of benzene rings is 1. The van der Waals surface area contributed by atoms with Crippen LogP contribution in [0.4, 0.5) is 0 Å². The molecule has 3 nitrogen and oxygen atoms in total. The molecule has 0 aliphatic heterocycles. The summed E-state index contributed by atoms with van der Waals surface area (Å²) in [6.07, 6.45) is -0.902. The average molecular weight is 264 g/mol. The average Bonchev–Trinajstić information content (AvgIpc) is 2.44. The molecule has 0 unspecified atom stereocenters. The van der Waals surface area contributed by atoms with Gasteiger partial charge >= 0.3 is 5.97 Å². The van der Waals surface area contributed by atoms with Gasteiger partial charge in [-0.05, 0) is 25.3 Å². The van der Waals surface area contributed by atoms with E-state index >= 15 is 0 Å². The van der Waals surface area contributed by atoms with Crippen molar-refractivity contribution in [2.45, 2.75) is 46.2 Å². The number of carbonyl (C=O) groups excluding carboxylic acids is 1. The highest BCUT2D eigenvalue weighted by Gasteiger charge is 2.20. The largest absolute Gasteiger partial charge is 0.466 e. The summed E-state index contributed by atoms with van der Waals surface area (Å²) in [4.78, 5) is 11.8. The number of esters is 1. The second kappa shape index (κ2) is 7.95. The molecule has 1 aromatic carbocycles. The molecular formula is C16H25NO2. The van der Waals surface area contributed by atoms with Crippen molar-refractivity contribution < 1.29 is 10.9 Å². The summed E-state index contributed by atoms with van der Waals surface area (Å²) in [5, 5.41) is 3.38. The van der Waals surface area contributed by atoms with Crippen molar-refractivity contribution in [1.29, 1.82) is 0 Å². The Labute approximate surface area is 117 Å². The van der Waals surface area contributed by atoms with Crippen molar-refractivity contribution in [1.82, 2.24) is 5.32 Å². The van der Waals surface area contributed by atoms with E-state index in [9.17, 15) is 4.79 Å². The summed E-state index contributed by atoms with van der Waals surface area (Å²) in [5.41, 5.74) is 1.15. The summed E-state index contributed by atoms with van der Waals surface area (Å²) in [6, 6.07) is 9.89. The van der Waals surface area contributed by atoms with E-state index in [4.69, 9.17) is 6.11 Å². The molecule has 0 spiro atoms. The third-order valence-corrected chi connectivity index (χ3v) is 3.06. The van der Waals surface area contributed by atoms with Crippen LogP contribution < -0.4 is 5.32 Å². The minimum Gasteiger partial charge on any atom is -0.466 e. The Morgan fingerprint density at radius 3 is 2.47 bits per heavy atom. The number of nitrogens with one attached hydrogen (secondary N) is 1. The molecule has 3 atom stereocenters. The van der Waals surface area contributed by atoms with E-state index in [1.165, 1.54) is 0 Å². The van der Waals surface area contributed by atoms with E-state index in [0.29, 0.717) is 6.61 Å². The highest BCUT2D eigenvalue weighted by atomic mass is 16.5. The number of hydrogen-bond acceptors (Lipinski definition) is 3. The third kappa shape index (κ3) is 5.43. The van der Waals surface area contributed by atoms with E-state index in [0.717, 1.165) is 5.56 Å². The topological polar surface area (TPSA) is 38.3 Å². The molecule has 0 saturated carbocycles. The third-order valence-electron chi connectivity index (χ3n) is 3.06. The summed E-state index contributed by atoms with van der Waals surface area (Å²) in [5.74, 6) is -0.285. The quantitative estimate of drug-likeness (QED) is 0.768. The van der Waals surface area contributed by atoms with Crippen LogP contribution in [-0.4, -0.2) is 18.6 Å². The van der Waals surface area contributed by atoms with Gasteiger partial charge in [0.25, 0.3) is 0 Å². The SMILES string of the molecule is [2H][C@@H](C(=O)OCC)[C@H](N[C@H](C)c1ccccc1)C(C)C. The van der Waals surface area contributed by atoms with Crippen LogP contribution in [0.3, 0.4) is 0 Å². The molecule has 0 amide bonds. The van der Waals surface area contributed by atoms with Gasteiger partial charge in [0.05, 0.1) is 13.0 Å². The summed E-state index contributed by atoms with van der Waals surface area (Å²) >= 11 is 0. The zero-order valence-electron chi connectivity index (χ0n) is 13.2. The Bertz CT molecular complexity index is 408. The zero-order chi connectivity index (χ0) is 15.1. The highest BCUT2D eigenvalue weighted by Crippen LogP contribution is 2.16. The molecule has 0 radical (unpaired) electrons. The van der Waals surface area contributed by atoms with Crippen LogP contribution in [0.5, 0.6) is 0 Å². The number of ether oxygens (including phenoxy) is 1. The fraction of sp³-hybridized carbons (Fsp3) is 0.562. The molecule has 0 fully saturated rings. The molecular weight excluding hydrogens is 238 g/mol. The lowest BCUT2D eigenvalue weighted by molar-refractivity contribution is -0.144. The molecule has 3 heteroatoms. The predicted molar refractivity (Wildman–Crippen MR) is 77.9 cm³/mol. The normalized spacial score (nSPS) is 16.6. The van der Waals surface area contributed by atoms with Gasteiger partial charge in [0.1, 0.15) is 0 Å². The van der Waals surface area contributed by atoms with Crippen LogP contribution >= 0.6 is 0 Å². The van der Waals surface area contributed by atoms with Crippen LogP contribution in [0.2, 0.25) is 0 Å². The van der Waals surface area contributed by atoms with Crippen molar-refractivity contribution in [3.63, 3.8) is 0 Å². The molecule has 0 aliphatic rings. The number of carbonyl (C=O) groups is 1. The minimum atomic E-state index is -0.902. The fourth-order valence-electron chi connectivity index (χ4n) is 1.90. The van der Waals surface area contributed by atoms with E-state index in [1.807, 2.05) is 51.1 Å². The van der Waals surface area contributed by atoms with Crippen molar-refractivity contribution in [2.24, 2.45) is 5.92 Å². The molecule has 0 saturated heterocycles. The minimum absolute atomic E-state index is 0.0888. The van der Waals surface area contributed by atoms with Gasteiger partial charge in [-0.15, -0.1) is 0 Å². The van der Waals surface area contributed by atoms with Gasteiger partial charge in [-0.1, -0.05) is 44.2 Å². The lowest BCUT2D eigenvalue weighted by atomic mass is 9.98. The second-order valence-corrected chi connectivity index (χ2v) is 4.99. The van der Waals surface area contributed by atoms with Crippen molar-refractivity contribution in [3.8, 4) is 0 Å². The number of rotatable bonds is 7. The van der Waals surface area contributed by atoms with Gasteiger partial charge in [0, 0.05) is 13.5 Å². The van der Waals surface area contributed by atoms with Crippen LogP contribution in [0.15, 0.2) is 30.3 Å². The smallest absolute Gasteiger partial charge is 0.307 e. The fourth-order valence-corrected chi connectivity index (χ4v) is 1.90. The Kier molecular flexibility index (Phi) is 5.89. The van der Waals surface area contributed by atoms with Crippen LogP contribution in [0, 0.1) is 5.92 Å². The lowest BCUT2D eigenvalue weighted by Gasteiger charge is -2.26. The van der Waals surface area contributed by atoms with Crippen molar-refractivity contribution in [2.75, 3.05) is 6.61 Å². The lowest BCUT2D eigenvalue weighted by Crippen LogP contribution is -2.38. The van der Waals surface area contributed by atoms with Crippen LogP contribution in [0.25, 0.3) is 0 Å².